The minimum absolute atomic E-state index is 0.122. The molecule has 1 aromatic heterocycles. The SMILES string of the molecule is Cc1ccc(COC(=O)N[C@](C)(Cc2c[nH]c3ccccc23)C(=O)N[C@@H](C)c2ccccc2)cc1. The number of aryl methyl sites for hydroxylation is 1. The third-order valence-corrected chi connectivity index (χ3v) is 6.24. The second-order valence-corrected chi connectivity index (χ2v) is 9.16. The Labute approximate surface area is 205 Å². The molecule has 1 heterocycles. The Morgan fingerprint density at radius 3 is 2.40 bits per heavy atom. The number of ether oxygens (including phenoxy) is 1. The number of aromatic amines is 1. The van der Waals surface area contributed by atoms with E-state index in [0.29, 0.717) is 6.42 Å². The highest BCUT2D eigenvalue weighted by Gasteiger charge is 2.37. The summed E-state index contributed by atoms with van der Waals surface area (Å²) in [6, 6.07) is 25.2. The maximum Gasteiger partial charge on any atom is 0.408 e. The van der Waals surface area contributed by atoms with Gasteiger partial charge in [0.05, 0.1) is 6.04 Å². The van der Waals surface area contributed by atoms with Gasteiger partial charge in [-0.25, -0.2) is 4.79 Å². The van der Waals surface area contributed by atoms with E-state index in [2.05, 4.69) is 15.6 Å². The van der Waals surface area contributed by atoms with Gasteiger partial charge in [0.1, 0.15) is 12.1 Å². The molecule has 0 unspecified atom stereocenters. The van der Waals surface area contributed by atoms with Crippen LogP contribution in [0.5, 0.6) is 0 Å². The zero-order valence-corrected chi connectivity index (χ0v) is 20.3. The van der Waals surface area contributed by atoms with Gasteiger partial charge in [-0.3, -0.25) is 4.79 Å². The number of hydrogen-bond acceptors (Lipinski definition) is 3. The molecule has 0 aliphatic heterocycles. The molecule has 3 aromatic carbocycles. The molecule has 0 radical (unpaired) electrons. The maximum absolute atomic E-state index is 13.6. The quantitative estimate of drug-likeness (QED) is 0.315. The number of alkyl carbamates (subject to hydrolysis) is 1. The number of amides is 2. The van der Waals surface area contributed by atoms with Gasteiger partial charge in [-0.2, -0.15) is 0 Å². The van der Waals surface area contributed by atoms with E-state index in [9.17, 15) is 9.59 Å². The molecule has 4 aromatic rings. The van der Waals surface area contributed by atoms with Gasteiger partial charge < -0.3 is 20.4 Å². The van der Waals surface area contributed by atoms with Crippen molar-refractivity contribution in [3.8, 4) is 0 Å². The van der Waals surface area contributed by atoms with E-state index in [1.54, 1.807) is 6.92 Å². The molecule has 0 bridgehead atoms. The van der Waals surface area contributed by atoms with Crippen molar-refractivity contribution in [2.24, 2.45) is 0 Å². The van der Waals surface area contributed by atoms with Crippen molar-refractivity contribution in [3.05, 3.63) is 107 Å². The van der Waals surface area contributed by atoms with Crippen molar-refractivity contribution >= 4 is 22.9 Å². The van der Waals surface area contributed by atoms with Crippen LogP contribution in [0.3, 0.4) is 0 Å². The summed E-state index contributed by atoms with van der Waals surface area (Å²) in [4.78, 5) is 29.6. The van der Waals surface area contributed by atoms with E-state index in [0.717, 1.165) is 33.2 Å². The Morgan fingerprint density at radius 2 is 1.66 bits per heavy atom. The Morgan fingerprint density at radius 1 is 0.971 bits per heavy atom. The number of benzene rings is 3. The summed E-state index contributed by atoms with van der Waals surface area (Å²) in [5.41, 5.74) is 3.67. The summed E-state index contributed by atoms with van der Waals surface area (Å²) in [5, 5.41) is 6.92. The molecule has 180 valence electrons. The van der Waals surface area contributed by atoms with Crippen LogP contribution in [0.4, 0.5) is 4.79 Å². The number of para-hydroxylation sites is 1. The van der Waals surface area contributed by atoms with Crippen molar-refractivity contribution in [3.63, 3.8) is 0 Å². The Hall–Kier alpha value is -4.06. The van der Waals surface area contributed by atoms with Gasteiger partial charge in [0.2, 0.25) is 5.91 Å². The number of aromatic nitrogens is 1. The molecular weight excluding hydrogens is 438 g/mol. The number of carbonyl (C=O) groups is 2. The third-order valence-electron chi connectivity index (χ3n) is 6.24. The van der Waals surface area contributed by atoms with Crippen LogP contribution < -0.4 is 10.6 Å². The molecule has 35 heavy (non-hydrogen) atoms. The van der Waals surface area contributed by atoms with Crippen LogP contribution in [0.25, 0.3) is 10.9 Å². The predicted molar refractivity (Wildman–Crippen MR) is 138 cm³/mol. The van der Waals surface area contributed by atoms with Gasteiger partial charge in [0.15, 0.2) is 0 Å². The van der Waals surface area contributed by atoms with Gasteiger partial charge in [0.25, 0.3) is 0 Å². The fourth-order valence-electron chi connectivity index (χ4n) is 4.12. The highest BCUT2D eigenvalue weighted by Crippen LogP contribution is 2.24. The average molecular weight is 470 g/mol. The van der Waals surface area contributed by atoms with Crippen LogP contribution in [0.1, 0.15) is 42.1 Å². The fraction of sp³-hybridized carbons (Fsp3) is 0.241. The molecule has 0 aliphatic rings. The number of hydrogen-bond donors (Lipinski definition) is 3. The zero-order valence-electron chi connectivity index (χ0n) is 20.3. The molecule has 2 amide bonds. The van der Waals surface area contributed by atoms with Crippen molar-refractivity contribution in [2.75, 3.05) is 0 Å². The monoisotopic (exact) mass is 469 g/mol. The lowest BCUT2D eigenvalue weighted by Crippen LogP contribution is -2.58. The zero-order chi connectivity index (χ0) is 24.8. The van der Waals surface area contributed by atoms with E-state index in [1.165, 1.54) is 0 Å². The first-order chi connectivity index (χ1) is 16.8. The van der Waals surface area contributed by atoms with Crippen LogP contribution in [0, 0.1) is 6.92 Å². The van der Waals surface area contributed by atoms with E-state index in [-0.39, 0.29) is 18.6 Å². The van der Waals surface area contributed by atoms with Crippen molar-refractivity contribution in [1.82, 2.24) is 15.6 Å². The van der Waals surface area contributed by atoms with E-state index < -0.39 is 11.6 Å². The first kappa shape index (κ1) is 24.1. The first-order valence-corrected chi connectivity index (χ1v) is 11.8. The van der Waals surface area contributed by atoms with Gasteiger partial charge >= 0.3 is 6.09 Å². The van der Waals surface area contributed by atoms with Gasteiger partial charge in [-0.15, -0.1) is 0 Å². The van der Waals surface area contributed by atoms with E-state index >= 15 is 0 Å². The minimum atomic E-state index is -1.24. The highest BCUT2D eigenvalue weighted by molar-refractivity contribution is 5.91. The van der Waals surface area contributed by atoms with Crippen LogP contribution in [-0.4, -0.2) is 22.5 Å². The lowest BCUT2D eigenvalue weighted by Gasteiger charge is -2.31. The number of fused-ring (bicyclic) bond motifs is 1. The molecule has 0 spiro atoms. The molecule has 3 N–H and O–H groups in total. The summed E-state index contributed by atoms with van der Waals surface area (Å²) >= 11 is 0. The fourth-order valence-corrected chi connectivity index (χ4v) is 4.12. The molecule has 2 atom stereocenters. The molecular formula is C29H31N3O3. The number of rotatable bonds is 8. The Balaban J connectivity index is 1.53. The summed E-state index contributed by atoms with van der Waals surface area (Å²) in [7, 11) is 0. The van der Waals surface area contributed by atoms with E-state index in [4.69, 9.17) is 4.74 Å². The molecule has 0 saturated heterocycles. The highest BCUT2D eigenvalue weighted by atomic mass is 16.5. The maximum atomic E-state index is 13.6. The molecule has 6 nitrogen and oxygen atoms in total. The average Bonchev–Trinajstić information content (AvgIpc) is 3.26. The van der Waals surface area contributed by atoms with Gasteiger partial charge in [-0.05, 0) is 43.5 Å². The lowest BCUT2D eigenvalue weighted by molar-refractivity contribution is -0.127. The second kappa shape index (κ2) is 10.5. The molecule has 0 fully saturated rings. The standard InChI is InChI=1S/C29H31N3O3/c1-20-13-15-22(16-14-20)19-35-28(34)32-29(3,17-24-18-30-26-12-8-7-11-25(24)26)27(33)31-21(2)23-9-5-4-6-10-23/h4-16,18,21,30H,17,19H2,1-3H3,(H,31,33)(H,32,34)/t21-,29+/m0/s1. The number of carbonyl (C=O) groups excluding carboxylic acids is 2. The first-order valence-electron chi connectivity index (χ1n) is 11.8. The minimum Gasteiger partial charge on any atom is -0.445 e. The van der Waals surface area contributed by atoms with Crippen LogP contribution in [0.15, 0.2) is 85.1 Å². The smallest absolute Gasteiger partial charge is 0.408 e. The molecule has 0 aliphatic carbocycles. The molecule has 4 rings (SSSR count). The summed E-state index contributed by atoms with van der Waals surface area (Å²) in [6.07, 6.45) is 1.54. The van der Waals surface area contributed by atoms with Crippen molar-refractivity contribution in [2.45, 2.75) is 45.4 Å². The summed E-state index contributed by atoms with van der Waals surface area (Å²) < 4.78 is 5.47. The van der Waals surface area contributed by atoms with Crippen LogP contribution >= 0.6 is 0 Å². The van der Waals surface area contributed by atoms with E-state index in [1.807, 2.05) is 98.9 Å². The van der Waals surface area contributed by atoms with Gasteiger partial charge in [-0.1, -0.05) is 78.4 Å². The predicted octanol–water partition coefficient (Wildman–Crippen LogP) is 5.58. The molecule has 0 saturated carbocycles. The number of H-pyrrole nitrogens is 1. The van der Waals surface area contributed by atoms with Crippen molar-refractivity contribution in [1.29, 1.82) is 0 Å². The molecule has 6 heteroatoms. The summed E-state index contributed by atoms with van der Waals surface area (Å²) in [6.45, 7) is 5.78. The topological polar surface area (TPSA) is 83.2 Å². The number of nitrogens with one attached hydrogen (secondary N) is 3. The van der Waals surface area contributed by atoms with Crippen molar-refractivity contribution < 1.29 is 14.3 Å². The normalized spacial score (nSPS) is 13.6. The van der Waals surface area contributed by atoms with Gasteiger partial charge in [0, 0.05) is 23.5 Å². The lowest BCUT2D eigenvalue weighted by atomic mass is 9.91. The summed E-state index contributed by atoms with van der Waals surface area (Å²) in [5.74, 6) is -0.286. The largest absolute Gasteiger partial charge is 0.445 e. The van der Waals surface area contributed by atoms with Crippen LogP contribution in [0.2, 0.25) is 0 Å². The second-order valence-electron chi connectivity index (χ2n) is 9.16. The Kier molecular flexibility index (Phi) is 7.20. The third kappa shape index (κ3) is 5.90. The van der Waals surface area contributed by atoms with Crippen LogP contribution in [-0.2, 0) is 22.6 Å². The Bertz CT molecular complexity index is 1300.